The zero-order valence-corrected chi connectivity index (χ0v) is 21.6. The summed E-state index contributed by atoms with van der Waals surface area (Å²) >= 11 is 0. The SMILES string of the molecule is CCN(C=O)/C(CCCc1ccc(-c2cccc(CC=O)c2)cc1)=N\N(C)Cc1ccc(C(F)(F)F)cc1. The molecule has 0 heterocycles. The minimum Gasteiger partial charge on any atom is -0.303 e. The first kappa shape index (κ1) is 28.6. The van der Waals surface area contributed by atoms with Crippen molar-refractivity contribution in [2.45, 2.75) is 45.3 Å². The molecule has 0 aliphatic rings. The molecule has 38 heavy (non-hydrogen) atoms. The van der Waals surface area contributed by atoms with E-state index in [1.807, 2.05) is 31.2 Å². The van der Waals surface area contributed by atoms with Crippen LogP contribution in [0.25, 0.3) is 11.1 Å². The normalized spacial score (nSPS) is 11.8. The molecule has 0 saturated heterocycles. The van der Waals surface area contributed by atoms with Crippen LogP contribution >= 0.6 is 0 Å². The summed E-state index contributed by atoms with van der Waals surface area (Å²) < 4.78 is 38.5. The molecule has 3 aromatic rings. The maximum absolute atomic E-state index is 12.8. The molecule has 0 bridgehead atoms. The smallest absolute Gasteiger partial charge is 0.303 e. The van der Waals surface area contributed by atoms with Gasteiger partial charge in [-0.1, -0.05) is 60.7 Å². The van der Waals surface area contributed by atoms with E-state index in [2.05, 4.69) is 29.4 Å². The number of hydrogen-bond acceptors (Lipinski definition) is 4. The van der Waals surface area contributed by atoms with Crippen molar-refractivity contribution in [3.05, 3.63) is 95.1 Å². The van der Waals surface area contributed by atoms with Crippen molar-refractivity contribution in [3.8, 4) is 11.1 Å². The molecule has 0 unspecified atom stereocenters. The molecular weight excluding hydrogens is 491 g/mol. The fourth-order valence-electron chi connectivity index (χ4n) is 4.15. The summed E-state index contributed by atoms with van der Waals surface area (Å²) in [5, 5.41) is 6.23. The van der Waals surface area contributed by atoms with Gasteiger partial charge in [0.2, 0.25) is 6.41 Å². The molecule has 0 saturated carbocycles. The van der Waals surface area contributed by atoms with E-state index in [0.717, 1.165) is 59.9 Å². The van der Waals surface area contributed by atoms with E-state index in [0.29, 0.717) is 37.3 Å². The summed E-state index contributed by atoms with van der Waals surface area (Å²) in [5.74, 6) is 0.612. The third-order valence-electron chi connectivity index (χ3n) is 6.18. The van der Waals surface area contributed by atoms with Crippen LogP contribution in [0.4, 0.5) is 13.2 Å². The van der Waals surface area contributed by atoms with Crippen molar-refractivity contribution in [3.63, 3.8) is 0 Å². The molecule has 3 aromatic carbocycles. The molecule has 0 fully saturated rings. The number of hydrazone groups is 1. The molecule has 200 valence electrons. The van der Waals surface area contributed by atoms with E-state index >= 15 is 0 Å². The Morgan fingerprint density at radius 2 is 1.58 bits per heavy atom. The van der Waals surface area contributed by atoms with Crippen LogP contribution in [0, 0.1) is 0 Å². The molecule has 8 heteroatoms. The maximum atomic E-state index is 12.8. The van der Waals surface area contributed by atoms with Gasteiger partial charge in [-0.25, -0.2) is 0 Å². The highest BCUT2D eigenvalue weighted by atomic mass is 19.4. The second kappa shape index (κ2) is 13.6. The zero-order chi connectivity index (χ0) is 27.5. The monoisotopic (exact) mass is 523 g/mol. The fourth-order valence-corrected chi connectivity index (χ4v) is 4.15. The first-order valence-electron chi connectivity index (χ1n) is 12.5. The van der Waals surface area contributed by atoms with Crippen molar-refractivity contribution >= 4 is 18.5 Å². The van der Waals surface area contributed by atoms with Crippen LogP contribution in [0.3, 0.4) is 0 Å². The number of hydrogen-bond donors (Lipinski definition) is 0. The number of halogens is 3. The number of carbonyl (C=O) groups is 2. The topological polar surface area (TPSA) is 53.0 Å². The van der Waals surface area contributed by atoms with Crippen LogP contribution in [-0.4, -0.2) is 42.0 Å². The molecule has 0 aliphatic carbocycles. The van der Waals surface area contributed by atoms with Crippen molar-refractivity contribution in [2.75, 3.05) is 13.6 Å². The molecule has 5 nitrogen and oxygen atoms in total. The van der Waals surface area contributed by atoms with Gasteiger partial charge in [0.25, 0.3) is 0 Å². The van der Waals surface area contributed by atoms with E-state index in [9.17, 15) is 22.8 Å². The summed E-state index contributed by atoms with van der Waals surface area (Å²) in [6.07, 6.45) is -0.196. The largest absolute Gasteiger partial charge is 0.416 e. The van der Waals surface area contributed by atoms with Gasteiger partial charge in [-0.3, -0.25) is 9.80 Å². The standard InChI is InChI=1S/C30H32F3N3O2/c1-3-36(22-38)29(34-35(2)21-25-12-16-28(17-13-25)30(31,32)33)9-5-6-23-10-14-26(15-11-23)27-8-4-7-24(20-27)18-19-37/h4,7-8,10-17,19-20,22H,3,5-6,9,18,21H2,1-2H3/b34-29-. The summed E-state index contributed by atoms with van der Waals surface area (Å²) in [7, 11) is 1.74. The molecule has 0 aliphatic heterocycles. The van der Waals surface area contributed by atoms with E-state index in [-0.39, 0.29) is 0 Å². The Balaban J connectivity index is 1.62. The maximum Gasteiger partial charge on any atom is 0.416 e. The van der Waals surface area contributed by atoms with Crippen LogP contribution in [-0.2, 0) is 35.2 Å². The number of aldehydes is 1. The van der Waals surface area contributed by atoms with Crippen molar-refractivity contribution in [2.24, 2.45) is 5.10 Å². The number of carbonyl (C=O) groups excluding carboxylic acids is 2. The van der Waals surface area contributed by atoms with Crippen LogP contribution in [0.2, 0.25) is 0 Å². The lowest BCUT2D eigenvalue weighted by molar-refractivity contribution is -0.137. The number of aryl methyl sites for hydroxylation is 1. The van der Waals surface area contributed by atoms with Crippen molar-refractivity contribution in [1.29, 1.82) is 0 Å². The Bertz CT molecular complexity index is 1220. The molecule has 3 rings (SSSR count). The Kier molecular flexibility index (Phi) is 10.2. The predicted octanol–water partition coefficient (Wildman–Crippen LogP) is 6.36. The molecule has 0 spiro atoms. The number of alkyl halides is 3. The van der Waals surface area contributed by atoms with Crippen molar-refractivity contribution in [1.82, 2.24) is 9.91 Å². The minimum atomic E-state index is -4.37. The summed E-state index contributed by atoms with van der Waals surface area (Å²) in [6.45, 7) is 2.64. The van der Waals surface area contributed by atoms with Gasteiger partial charge in [0.15, 0.2) is 0 Å². The number of nitrogens with zero attached hydrogens (tertiary/aromatic N) is 3. The number of benzene rings is 3. The number of amidine groups is 1. The summed E-state index contributed by atoms with van der Waals surface area (Å²) in [6, 6.07) is 21.2. The minimum absolute atomic E-state index is 0.313. The Hall–Kier alpha value is -3.94. The van der Waals surface area contributed by atoms with Gasteiger partial charge in [0.05, 0.1) is 12.1 Å². The third kappa shape index (κ3) is 8.30. The van der Waals surface area contributed by atoms with Crippen LogP contribution < -0.4 is 0 Å². The zero-order valence-electron chi connectivity index (χ0n) is 21.6. The second-order valence-electron chi connectivity index (χ2n) is 9.04. The third-order valence-corrected chi connectivity index (χ3v) is 6.18. The van der Waals surface area contributed by atoms with Gasteiger partial charge < -0.3 is 9.69 Å². The average molecular weight is 524 g/mol. The lowest BCUT2D eigenvalue weighted by Crippen LogP contribution is -2.31. The van der Waals surface area contributed by atoms with Gasteiger partial charge >= 0.3 is 6.18 Å². The van der Waals surface area contributed by atoms with Gasteiger partial charge in [-0.05, 0) is 59.7 Å². The van der Waals surface area contributed by atoms with Crippen LogP contribution in [0.5, 0.6) is 0 Å². The Morgan fingerprint density at radius 1 is 0.895 bits per heavy atom. The Labute approximate surface area is 221 Å². The highest BCUT2D eigenvalue weighted by Gasteiger charge is 2.29. The second-order valence-corrected chi connectivity index (χ2v) is 9.04. The van der Waals surface area contributed by atoms with Crippen LogP contribution in [0.1, 0.15) is 42.0 Å². The van der Waals surface area contributed by atoms with E-state index in [4.69, 9.17) is 0 Å². The molecular formula is C30H32F3N3O2. The van der Waals surface area contributed by atoms with Crippen LogP contribution in [0.15, 0.2) is 77.9 Å². The first-order valence-corrected chi connectivity index (χ1v) is 12.5. The van der Waals surface area contributed by atoms with E-state index < -0.39 is 11.7 Å². The van der Waals surface area contributed by atoms with E-state index in [1.165, 1.54) is 12.1 Å². The molecule has 0 radical (unpaired) electrons. The lowest BCUT2D eigenvalue weighted by atomic mass is 9.99. The van der Waals surface area contributed by atoms with Gasteiger partial charge in [0.1, 0.15) is 12.1 Å². The van der Waals surface area contributed by atoms with Gasteiger partial charge in [-0.2, -0.15) is 18.3 Å². The number of amides is 1. The van der Waals surface area contributed by atoms with E-state index in [1.54, 1.807) is 17.0 Å². The fraction of sp³-hybridized carbons (Fsp3) is 0.300. The highest BCUT2D eigenvalue weighted by molar-refractivity contribution is 5.90. The highest BCUT2D eigenvalue weighted by Crippen LogP contribution is 2.29. The Morgan fingerprint density at radius 3 is 2.18 bits per heavy atom. The van der Waals surface area contributed by atoms with Crippen molar-refractivity contribution < 1.29 is 22.8 Å². The first-order chi connectivity index (χ1) is 18.2. The van der Waals surface area contributed by atoms with Gasteiger partial charge in [-0.15, -0.1) is 0 Å². The van der Waals surface area contributed by atoms with Gasteiger partial charge in [0, 0.05) is 26.4 Å². The molecule has 0 atom stereocenters. The summed E-state index contributed by atoms with van der Waals surface area (Å²) in [5.41, 5.74) is 4.27. The molecule has 1 amide bonds. The predicted molar refractivity (Wildman–Crippen MR) is 143 cm³/mol. The lowest BCUT2D eigenvalue weighted by Gasteiger charge is -2.22. The number of rotatable bonds is 12. The molecule has 0 aromatic heterocycles. The quantitative estimate of drug-likeness (QED) is 0.120. The average Bonchev–Trinajstić information content (AvgIpc) is 2.90. The molecule has 0 N–H and O–H groups in total. The summed E-state index contributed by atoms with van der Waals surface area (Å²) in [4.78, 5) is 24.0.